The van der Waals surface area contributed by atoms with Crippen molar-refractivity contribution in [2.45, 2.75) is 32.9 Å². The van der Waals surface area contributed by atoms with Gasteiger partial charge in [0.25, 0.3) is 0 Å². The van der Waals surface area contributed by atoms with Gasteiger partial charge in [-0.2, -0.15) is 0 Å². The molecule has 3 nitrogen and oxygen atoms in total. The van der Waals surface area contributed by atoms with Crippen LogP contribution in [0.1, 0.15) is 26.3 Å². The van der Waals surface area contributed by atoms with E-state index in [2.05, 4.69) is 24.1 Å². The van der Waals surface area contributed by atoms with Crippen molar-refractivity contribution in [2.24, 2.45) is 0 Å². The van der Waals surface area contributed by atoms with E-state index < -0.39 is 0 Å². The van der Waals surface area contributed by atoms with Crippen molar-refractivity contribution in [3.63, 3.8) is 0 Å². The Morgan fingerprint density at radius 3 is 2.85 bits per heavy atom. The molecule has 2 rings (SSSR count). The molecule has 0 saturated carbocycles. The van der Waals surface area contributed by atoms with Crippen LogP contribution in [-0.4, -0.2) is 23.7 Å². The van der Waals surface area contributed by atoms with Crippen molar-refractivity contribution in [1.29, 1.82) is 0 Å². The van der Waals surface area contributed by atoms with Crippen LogP contribution in [0.15, 0.2) is 30.5 Å². The fourth-order valence-corrected chi connectivity index (χ4v) is 2.49. The van der Waals surface area contributed by atoms with E-state index in [0.717, 1.165) is 41.2 Å². The third-order valence-corrected chi connectivity index (χ3v) is 3.53. The van der Waals surface area contributed by atoms with E-state index in [1.807, 2.05) is 31.2 Å². The fraction of sp³-hybridized carbons (Fsp3) is 0.438. The topological polar surface area (TPSA) is 34.1 Å². The maximum absolute atomic E-state index is 6.20. The van der Waals surface area contributed by atoms with Crippen molar-refractivity contribution in [3.05, 3.63) is 41.0 Å². The molecule has 0 aliphatic carbocycles. The predicted octanol–water partition coefficient (Wildman–Crippen LogP) is 3.79. The summed E-state index contributed by atoms with van der Waals surface area (Å²) in [6, 6.07) is 7.86. The molecule has 0 aliphatic heterocycles. The molecule has 2 aromatic rings. The Morgan fingerprint density at radius 2 is 2.10 bits per heavy atom. The Balaban J connectivity index is 2.09. The highest BCUT2D eigenvalue weighted by molar-refractivity contribution is 6.35. The number of nitrogens with zero attached hydrogens (tertiary/aromatic N) is 1. The molecule has 0 aliphatic rings. The van der Waals surface area contributed by atoms with Gasteiger partial charge in [0.1, 0.15) is 0 Å². The molecule has 0 spiro atoms. The maximum Gasteiger partial charge on any atom is 0.0761 e. The Labute approximate surface area is 125 Å². The van der Waals surface area contributed by atoms with Crippen LogP contribution in [0.4, 0.5) is 0 Å². The number of pyridine rings is 1. The lowest BCUT2D eigenvalue weighted by atomic mass is 10.1. The van der Waals surface area contributed by atoms with Crippen molar-refractivity contribution >= 4 is 22.5 Å². The van der Waals surface area contributed by atoms with Crippen molar-refractivity contribution in [1.82, 2.24) is 10.3 Å². The smallest absolute Gasteiger partial charge is 0.0761 e. The number of rotatable bonds is 6. The van der Waals surface area contributed by atoms with Crippen LogP contribution in [-0.2, 0) is 11.3 Å². The lowest BCUT2D eigenvalue weighted by molar-refractivity contribution is -0.00896. The summed E-state index contributed by atoms with van der Waals surface area (Å²) in [6.07, 6.45) is 1.80. The van der Waals surface area contributed by atoms with Crippen LogP contribution in [0, 0.1) is 0 Å². The second-order valence-electron chi connectivity index (χ2n) is 5.40. The molecule has 1 aromatic carbocycles. The van der Waals surface area contributed by atoms with Gasteiger partial charge in [0.15, 0.2) is 0 Å². The minimum atomic E-state index is -0.162. The monoisotopic (exact) mass is 292 g/mol. The van der Waals surface area contributed by atoms with Crippen LogP contribution in [0.3, 0.4) is 0 Å². The van der Waals surface area contributed by atoms with Gasteiger partial charge in [-0.1, -0.05) is 17.7 Å². The molecule has 0 fully saturated rings. The van der Waals surface area contributed by atoms with Crippen LogP contribution < -0.4 is 5.32 Å². The molecule has 20 heavy (non-hydrogen) atoms. The molecular weight excluding hydrogens is 272 g/mol. The van der Waals surface area contributed by atoms with Gasteiger partial charge in [0, 0.05) is 36.3 Å². The first kappa shape index (κ1) is 15.2. The minimum absolute atomic E-state index is 0.162. The average Bonchev–Trinajstić information content (AvgIpc) is 2.41. The van der Waals surface area contributed by atoms with Gasteiger partial charge < -0.3 is 10.1 Å². The first-order chi connectivity index (χ1) is 9.53. The molecule has 0 unspecified atom stereocenters. The molecule has 4 heteroatoms. The first-order valence-corrected chi connectivity index (χ1v) is 7.28. The SMILES string of the molecule is CCOC(C)(C)CNCc1ccc(Cl)c2cccnc12. The van der Waals surface area contributed by atoms with Gasteiger partial charge in [-0.05, 0) is 44.5 Å². The van der Waals surface area contributed by atoms with Crippen LogP contribution in [0.25, 0.3) is 10.9 Å². The fourth-order valence-electron chi connectivity index (χ4n) is 2.28. The van der Waals surface area contributed by atoms with E-state index in [1.54, 1.807) is 6.20 Å². The Kier molecular flexibility index (Phi) is 4.97. The summed E-state index contributed by atoms with van der Waals surface area (Å²) in [5.41, 5.74) is 1.95. The summed E-state index contributed by atoms with van der Waals surface area (Å²) in [4.78, 5) is 4.44. The molecule has 0 atom stereocenters. The molecule has 1 aromatic heterocycles. The lowest BCUT2D eigenvalue weighted by Crippen LogP contribution is -2.37. The number of fused-ring (bicyclic) bond motifs is 1. The number of benzene rings is 1. The Bertz CT molecular complexity index is 584. The average molecular weight is 293 g/mol. The summed E-state index contributed by atoms with van der Waals surface area (Å²) in [6.45, 7) is 8.45. The van der Waals surface area contributed by atoms with Gasteiger partial charge in [0.2, 0.25) is 0 Å². The summed E-state index contributed by atoms with van der Waals surface area (Å²) >= 11 is 6.20. The lowest BCUT2D eigenvalue weighted by Gasteiger charge is -2.25. The largest absolute Gasteiger partial charge is 0.375 e. The first-order valence-electron chi connectivity index (χ1n) is 6.90. The molecule has 1 heterocycles. The van der Waals surface area contributed by atoms with E-state index in [-0.39, 0.29) is 5.60 Å². The number of aromatic nitrogens is 1. The second kappa shape index (κ2) is 6.53. The van der Waals surface area contributed by atoms with Gasteiger partial charge in [0.05, 0.1) is 11.1 Å². The predicted molar refractivity (Wildman–Crippen MR) is 84.2 cm³/mol. The van der Waals surface area contributed by atoms with E-state index in [9.17, 15) is 0 Å². The number of nitrogens with one attached hydrogen (secondary N) is 1. The highest BCUT2D eigenvalue weighted by Gasteiger charge is 2.17. The van der Waals surface area contributed by atoms with Gasteiger partial charge >= 0.3 is 0 Å². The molecule has 0 saturated heterocycles. The van der Waals surface area contributed by atoms with E-state index in [0.29, 0.717) is 0 Å². The number of ether oxygens (including phenoxy) is 1. The number of hydrogen-bond donors (Lipinski definition) is 1. The zero-order valence-electron chi connectivity index (χ0n) is 12.2. The third-order valence-electron chi connectivity index (χ3n) is 3.20. The molecule has 1 N–H and O–H groups in total. The van der Waals surface area contributed by atoms with Gasteiger partial charge in [-0.15, -0.1) is 0 Å². The minimum Gasteiger partial charge on any atom is -0.375 e. The highest BCUT2D eigenvalue weighted by Crippen LogP contribution is 2.24. The Morgan fingerprint density at radius 1 is 1.30 bits per heavy atom. The maximum atomic E-state index is 6.20. The second-order valence-corrected chi connectivity index (χ2v) is 5.81. The summed E-state index contributed by atoms with van der Waals surface area (Å²) < 4.78 is 5.67. The molecule has 0 bridgehead atoms. The Hall–Kier alpha value is -1.16. The van der Waals surface area contributed by atoms with E-state index in [4.69, 9.17) is 16.3 Å². The molecule has 0 amide bonds. The summed E-state index contributed by atoms with van der Waals surface area (Å²) in [5, 5.41) is 5.17. The van der Waals surface area contributed by atoms with Crippen LogP contribution >= 0.6 is 11.6 Å². The van der Waals surface area contributed by atoms with Crippen molar-refractivity contribution in [2.75, 3.05) is 13.2 Å². The third kappa shape index (κ3) is 3.69. The number of halogens is 1. The standard InChI is InChI=1S/C16H21ClN2O/c1-4-20-16(2,3)11-18-10-12-7-8-14(17)13-6-5-9-19-15(12)13/h5-9,18H,4,10-11H2,1-3H3. The molecular formula is C16H21ClN2O. The zero-order chi connectivity index (χ0) is 14.6. The van der Waals surface area contributed by atoms with Crippen LogP contribution in [0.5, 0.6) is 0 Å². The van der Waals surface area contributed by atoms with Crippen molar-refractivity contribution < 1.29 is 4.74 Å². The van der Waals surface area contributed by atoms with Gasteiger partial charge in [-0.25, -0.2) is 0 Å². The summed E-state index contributed by atoms with van der Waals surface area (Å²) in [5.74, 6) is 0. The zero-order valence-corrected chi connectivity index (χ0v) is 13.0. The van der Waals surface area contributed by atoms with Gasteiger partial charge in [-0.3, -0.25) is 4.98 Å². The van der Waals surface area contributed by atoms with Crippen molar-refractivity contribution in [3.8, 4) is 0 Å². The molecule has 0 radical (unpaired) electrons. The van der Waals surface area contributed by atoms with E-state index in [1.165, 1.54) is 0 Å². The van der Waals surface area contributed by atoms with Crippen LogP contribution in [0.2, 0.25) is 5.02 Å². The quantitative estimate of drug-likeness (QED) is 0.879. The number of hydrogen-bond acceptors (Lipinski definition) is 3. The molecule has 108 valence electrons. The van der Waals surface area contributed by atoms with E-state index >= 15 is 0 Å². The highest BCUT2D eigenvalue weighted by atomic mass is 35.5. The summed E-state index contributed by atoms with van der Waals surface area (Å²) in [7, 11) is 0. The normalized spacial score (nSPS) is 12.0.